The van der Waals surface area contributed by atoms with Gasteiger partial charge in [-0.1, -0.05) is 118 Å². The number of unbranched alkanes of at least 4 members (excludes halogenated alkanes) is 3. The first kappa shape index (κ1) is 54.6. The van der Waals surface area contributed by atoms with Crippen molar-refractivity contribution in [1.29, 1.82) is 0 Å². The van der Waals surface area contributed by atoms with E-state index in [2.05, 4.69) is 46.5 Å². The van der Waals surface area contributed by atoms with Crippen LogP contribution in [0.25, 0.3) is 27.8 Å². The fourth-order valence-electron chi connectivity index (χ4n) is 8.18. The van der Waals surface area contributed by atoms with Crippen molar-refractivity contribution in [2.45, 2.75) is 85.0 Å². The minimum atomic E-state index is -4.34. The summed E-state index contributed by atoms with van der Waals surface area (Å²) in [6, 6.07) is 37.2. The number of nitrogens with zero attached hydrogens (tertiary/aromatic N) is 4. The molecule has 0 spiro atoms. The summed E-state index contributed by atoms with van der Waals surface area (Å²) in [5.74, 6) is 1.80. The lowest BCUT2D eigenvalue weighted by Gasteiger charge is -2.32. The smallest absolute Gasteiger partial charge is 0.416 e. The van der Waals surface area contributed by atoms with E-state index in [4.69, 9.17) is 4.74 Å². The topological polar surface area (TPSA) is 162 Å². The van der Waals surface area contributed by atoms with Gasteiger partial charge in [-0.05, 0) is 101 Å². The number of carbonyl (C=O) groups is 3. The van der Waals surface area contributed by atoms with E-state index in [0.717, 1.165) is 103 Å². The summed E-state index contributed by atoms with van der Waals surface area (Å²) >= 11 is 0. The Morgan fingerprint density at radius 1 is 0.836 bits per heavy atom. The van der Waals surface area contributed by atoms with Crippen LogP contribution in [0.1, 0.15) is 85.8 Å². The van der Waals surface area contributed by atoms with Gasteiger partial charge in [0.2, 0.25) is 18.7 Å². The molecule has 13 nitrogen and oxygen atoms in total. The maximum absolute atomic E-state index is 12.6. The van der Waals surface area contributed by atoms with Gasteiger partial charge in [-0.3, -0.25) is 19.3 Å². The summed E-state index contributed by atoms with van der Waals surface area (Å²) in [6.45, 7) is 13.5. The number of hydrogen-bond donors (Lipinski definition) is 4. The van der Waals surface area contributed by atoms with E-state index < -0.39 is 11.7 Å². The summed E-state index contributed by atoms with van der Waals surface area (Å²) in [7, 11) is 0. The van der Waals surface area contributed by atoms with E-state index in [-0.39, 0.29) is 23.3 Å². The summed E-state index contributed by atoms with van der Waals surface area (Å²) < 4.78 is 44.9. The number of halogens is 3. The molecule has 0 unspecified atom stereocenters. The SMILES string of the molecule is CC(C)c1ccc(O)c(-c2n[nH]c(=O)n2-c2ccc(CN3CCN(C=O)CC3)cc2)c1.CCCCCCNC(=O)Cc1cccc(CNC=O)c1.Cc1ccc2c(Oc3ccc(C(F)(F)F)cc3)cccc2c1. The molecule has 1 fully saturated rings. The van der Waals surface area contributed by atoms with E-state index in [1.54, 1.807) is 17.0 Å². The number of piperazine rings is 1. The Labute approximate surface area is 424 Å². The third-order valence-electron chi connectivity index (χ3n) is 12.3. The van der Waals surface area contributed by atoms with Crippen LogP contribution in [-0.2, 0) is 40.1 Å². The van der Waals surface area contributed by atoms with Crippen molar-refractivity contribution in [3.63, 3.8) is 0 Å². The minimum absolute atomic E-state index is 0.0574. The molecule has 16 heteroatoms. The van der Waals surface area contributed by atoms with Gasteiger partial charge in [0.05, 0.1) is 23.2 Å². The highest BCUT2D eigenvalue weighted by atomic mass is 19.4. The number of benzene rings is 6. The number of hydrogen-bond acceptors (Lipinski definition) is 8. The number of aromatic hydroxyl groups is 1. The highest BCUT2D eigenvalue weighted by molar-refractivity contribution is 5.89. The molecule has 1 saturated heterocycles. The number of carbonyl (C=O) groups excluding carboxylic acids is 3. The second kappa shape index (κ2) is 26.6. The largest absolute Gasteiger partial charge is 0.507 e. The van der Waals surface area contributed by atoms with Gasteiger partial charge in [0.1, 0.15) is 17.2 Å². The van der Waals surface area contributed by atoms with E-state index in [1.807, 2.05) is 97.9 Å². The molecular weight excluding hydrogens is 936 g/mol. The quantitative estimate of drug-likeness (QED) is 0.0488. The van der Waals surface area contributed by atoms with Gasteiger partial charge >= 0.3 is 11.9 Å². The highest BCUT2D eigenvalue weighted by Gasteiger charge is 2.30. The highest BCUT2D eigenvalue weighted by Crippen LogP contribution is 2.34. The zero-order valence-corrected chi connectivity index (χ0v) is 41.8. The lowest BCUT2D eigenvalue weighted by molar-refractivity contribution is -0.137. The van der Waals surface area contributed by atoms with Crippen molar-refractivity contribution in [2.75, 3.05) is 32.7 Å². The van der Waals surface area contributed by atoms with Crippen LogP contribution < -0.4 is 21.1 Å². The van der Waals surface area contributed by atoms with Crippen molar-refractivity contribution in [2.24, 2.45) is 0 Å². The lowest BCUT2D eigenvalue weighted by Crippen LogP contribution is -2.45. The summed E-state index contributed by atoms with van der Waals surface area (Å²) in [5.41, 5.74) is 5.45. The summed E-state index contributed by atoms with van der Waals surface area (Å²) in [5, 5.41) is 24.6. The maximum atomic E-state index is 12.6. The third kappa shape index (κ3) is 16.1. The molecule has 3 amide bonds. The number of aromatic amines is 1. The zero-order valence-electron chi connectivity index (χ0n) is 41.8. The first-order valence-corrected chi connectivity index (χ1v) is 24.5. The number of fused-ring (bicyclic) bond motifs is 1. The van der Waals surface area contributed by atoms with E-state index in [9.17, 15) is 37.5 Å². The van der Waals surface area contributed by atoms with Crippen LogP contribution in [0.5, 0.6) is 17.2 Å². The second-order valence-electron chi connectivity index (χ2n) is 18.2. The molecule has 4 N–H and O–H groups in total. The zero-order chi connectivity index (χ0) is 52.3. The number of phenols is 1. The van der Waals surface area contributed by atoms with Crippen molar-refractivity contribution >= 4 is 29.5 Å². The molecule has 73 heavy (non-hydrogen) atoms. The Bertz CT molecular complexity index is 2950. The van der Waals surface area contributed by atoms with Gasteiger partial charge < -0.3 is 25.4 Å². The van der Waals surface area contributed by atoms with Crippen LogP contribution in [0.3, 0.4) is 0 Å². The predicted molar refractivity (Wildman–Crippen MR) is 279 cm³/mol. The van der Waals surface area contributed by atoms with Gasteiger partial charge in [-0.2, -0.15) is 18.3 Å². The minimum Gasteiger partial charge on any atom is -0.507 e. The van der Waals surface area contributed by atoms with E-state index >= 15 is 0 Å². The fourth-order valence-corrected chi connectivity index (χ4v) is 8.18. The standard InChI is InChI=1S/C23H27N5O3.C18H13F3O.C16H24N2O2/c1-16(2)18-5-8-21(30)20(13-18)22-24-25-23(31)28(22)19-6-3-17(4-7-19)14-26-9-11-27(15-29)12-10-26;1-12-5-10-16-13(11-12)3-2-4-17(16)22-15-8-6-14(7-9-15)18(19,20)21;1-2-3-4-5-9-18-16(20)11-14-7-6-8-15(10-14)12-17-13-19/h3-8,13,15-16,30H,9-12,14H2,1-2H3,(H,25,31);2-11H,1H3;6-8,10,13H,2-5,9,11-12H2,1H3,(H,17,19)(H,18,20). The average molecular weight is 1000 g/mol. The number of alkyl halides is 3. The van der Waals surface area contributed by atoms with Gasteiger partial charge in [0.25, 0.3) is 0 Å². The Morgan fingerprint density at radius 2 is 1.56 bits per heavy atom. The molecule has 0 radical (unpaired) electrons. The van der Waals surface area contributed by atoms with Gasteiger partial charge in [0.15, 0.2) is 5.82 Å². The molecular formula is C57H64F3N7O6. The third-order valence-corrected chi connectivity index (χ3v) is 12.3. The molecule has 1 aliphatic rings. The first-order valence-electron chi connectivity index (χ1n) is 24.5. The van der Waals surface area contributed by atoms with Crippen LogP contribution in [0.4, 0.5) is 13.2 Å². The molecule has 2 heterocycles. The molecule has 0 saturated carbocycles. The van der Waals surface area contributed by atoms with Crippen molar-refractivity contribution in [3.05, 3.63) is 171 Å². The van der Waals surface area contributed by atoms with E-state index in [1.165, 1.54) is 36.0 Å². The Morgan fingerprint density at radius 3 is 2.25 bits per heavy atom. The van der Waals surface area contributed by atoms with Gasteiger partial charge in [-0.15, -0.1) is 0 Å². The summed E-state index contributed by atoms with van der Waals surface area (Å²) in [6.07, 6.45) is 2.28. The molecule has 384 valence electrons. The second-order valence-corrected chi connectivity index (χ2v) is 18.2. The average Bonchev–Trinajstić information content (AvgIpc) is 3.77. The van der Waals surface area contributed by atoms with E-state index in [0.29, 0.717) is 47.9 Å². The van der Waals surface area contributed by atoms with Crippen molar-refractivity contribution < 1.29 is 37.4 Å². The predicted octanol–water partition coefficient (Wildman–Crippen LogP) is 10.5. The number of H-pyrrole nitrogens is 1. The first-order chi connectivity index (χ1) is 35.1. The van der Waals surface area contributed by atoms with Crippen LogP contribution in [0, 0.1) is 6.92 Å². The number of nitrogens with one attached hydrogen (secondary N) is 3. The number of aryl methyl sites for hydroxylation is 1. The number of ether oxygens (including phenoxy) is 1. The van der Waals surface area contributed by atoms with Crippen LogP contribution in [0.15, 0.2) is 132 Å². The Hall–Kier alpha value is -7.72. The fraction of sp³-hybridized carbons (Fsp3) is 0.316. The monoisotopic (exact) mass is 999 g/mol. The molecule has 1 aromatic heterocycles. The molecule has 8 rings (SSSR count). The Balaban J connectivity index is 0.000000185. The number of rotatable bonds is 18. The number of amides is 3. The van der Waals surface area contributed by atoms with Crippen LogP contribution >= 0.6 is 0 Å². The van der Waals surface area contributed by atoms with Crippen molar-refractivity contribution in [1.82, 2.24) is 35.2 Å². The number of aromatic nitrogens is 3. The molecule has 6 aromatic carbocycles. The van der Waals surface area contributed by atoms with Crippen LogP contribution in [-0.4, -0.2) is 81.1 Å². The molecule has 0 bridgehead atoms. The Kier molecular flexibility index (Phi) is 19.9. The summed E-state index contributed by atoms with van der Waals surface area (Å²) in [4.78, 5) is 49.5. The van der Waals surface area contributed by atoms with Gasteiger partial charge in [0, 0.05) is 51.2 Å². The maximum Gasteiger partial charge on any atom is 0.416 e. The molecule has 1 aliphatic heterocycles. The molecule has 7 aromatic rings. The van der Waals surface area contributed by atoms with Crippen LogP contribution in [0.2, 0.25) is 0 Å². The lowest BCUT2D eigenvalue weighted by atomic mass is 10.00. The van der Waals surface area contributed by atoms with Crippen molar-refractivity contribution in [3.8, 4) is 34.3 Å². The normalized spacial score (nSPS) is 12.6. The van der Waals surface area contributed by atoms with Gasteiger partial charge in [-0.25, -0.2) is 14.5 Å². The molecule has 0 atom stereocenters. The molecule has 0 aliphatic carbocycles. The number of phenolic OH excluding ortho intramolecular Hbond substituents is 1.